The van der Waals surface area contributed by atoms with E-state index in [0.29, 0.717) is 18.6 Å². The molecule has 120 valence electrons. The van der Waals surface area contributed by atoms with Crippen molar-refractivity contribution in [2.75, 3.05) is 52.9 Å². The Kier molecular flexibility index (Phi) is 4.37. The van der Waals surface area contributed by atoms with Crippen molar-refractivity contribution in [2.45, 2.75) is 26.2 Å². The Bertz CT molecular complexity index is 510. The summed E-state index contributed by atoms with van der Waals surface area (Å²) in [6.45, 7) is 11.4. The summed E-state index contributed by atoms with van der Waals surface area (Å²) < 4.78 is 2.64. The fraction of sp³-hybridized carbons (Fsp3) is 0.632. The molecule has 0 spiro atoms. The van der Waals surface area contributed by atoms with Gasteiger partial charge in [-0.15, -0.1) is 0 Å². The number of Topliss-reactive ketones (excluding diaryl/α,β-unsaturated/α-hetero) is 1. The lowest BCUT2D eigenvalue weighted by molar-refractivity contribution is -1.07. The van der Waals surface area contributed by atoms with E-state index in [1.807, 2.05) is 6.92 Å². The molecule has 0 saturated carbocycles. The van der Waals surface area contributed by atoms with Gasteiger partial charge >= 0.3 is 0 Å². The van der Waals surface area contributed by atoms with Crippen molar-refractivity contribution in [1.82, 2.24) is 0 Å². The number of ketones is 1. The molecule has 3 heterocycles. The molecule has 0 aromatic heterocycles. The number of piperazine rings is 3. The van der Waals surface area contributed by atoms with Crippen LogP contribution >= 0.6 is 0 Å². The summed E-state index contributed by atoms with van der Waals surface area (Å²) in [5, 5.41) is 0. The number of hydrogen-bond acceptors (Lipinski definition) is 1. The van der Waals surface area contributed by atoms with E-state index < -0.39 is 0 Å². The van der Waals surface area contributed by atoms with Crippen molar-refractivity contribution in [2.24, 2.45) is 0 Å². The molecule has 1 aromatic carbocycles. The van der Waals surface area contributed by atoms with E-state index in [1.165, 1.54) is 66.8 Å². The normalized spacial score (nSPS) is 30.5. The first kappa shape index (κ1) is 15.7. The maximum absolute atomic E-state index is 11.5. The molecule has 1 aromatic rings. The van der Waals surface area contributed by atoms with Crippen molar-refractivity contribution in [3.8, 4) is 0 Å². The number of nitrogens with zero attached hydrogens (tertiary/aromatic N) is 2. The van der Waals surface area contributed by atoms with Gasteiger partial charge in [0.05, 0.1) is 13.6 Å². The third-order valence-corrected chi connectivity index (χ3v) is 6.04. The Morgan fingerprint density at radius 2 is 1.50 bits per heavy atom. The van der Waals surface area contributed by atoms with Crippen LogP contribution in [0.1, 0.15) is 24.5 Å². The highest BCUT2D eigenvalue weighted by Gasteiger charge is 2.46. The highest BCUT2D eigenvalue weighted by atomic mass is 16.1. The number of hydrogen-bond donors (Lipinski definition) is 0. The number of benzene rings is 1. The summed E-state index contributed by atoms with van der Waals surface area (Å²) in [4.78, 5) is 11.5. The van der Waals surface area contributed by atoms with Crippen LogP contribution in [0.3, 0.4) is 0 Å². The molecule has 0 unspecified atom stereocenters. The molecule has 3 aliphatic rings. The lowest BCUT2D eigenvalue weighted by Gasteiger charge is -2.54. The molecule has 0 aliphatic carbocycles. The van der Waals surface area contributed by atoms with Gasteiger partial charge in [-0.1, -0.05) is 31.2 Å². The van der Waals surface area contributed by atoms with Crippen LogP contribution in [0.4, 0.5) is 0 Å². The fourth-order valence-corrected chi connectivity index (χ4v) is 3.91. The second-order valence-electron chi connectivity index (χ2n) is 7.66. The smallest absolute Gasteiger partial charge is 0.136 e. The van der Waals surface area contributed by atoms with Gasteiger partial charge in [0.1, 0.15) is 45.1 Å². The maximum Gasteiger partial charge on any atom is 0.136 e. The minimum atomic E-state index is 0.328. The number of carbonyl (C=O) groups excluding carboxylic acids is 1. The number of rotatable bonds is 6. The predicted octanol–water partition coefficient (Wildman–Crippen LogP) is 2.04. The predicted molar refractivity (Wildman–Crippen MR) is 89.7 cm³/mol. The Morgan fingerprint density at radius 3 is 2.05 bits per heavy atom. The maximum atomic E-state index is 11.5. The zero-order valence-electron chi connectivity index (χ0n) is 14.2. The van der Waals surface area contributed by atoms with Crippen LogP contribution in [0.25, 0.3) is 0 Å². The van der Waals surface area contributed by atoms with E-state index in [-0.39, 0.29) is 0 Å². The lowest BCUT2D eigenvalue weighted by Crippen LogP contribution is -2.73. The van der Waals surface area contributed by atoms with E-state index in [4.69, 9.17) is 0 Å². The first-order chi connectivity index (χ1) is 10.5. The topological polar surface area (TPSA) is 17.1 Å². The molecule has 3 heteroatoms. The van der Waals surface area contributed by atoms with Crippen molar-refractivity contribution in [1.29, 1.82) is 0 Å². The zero-order chi connectivity index (χ0) is 15.6. The van der Waals surface area contributed by atoms with Crippen molar-refractivity contribution in [3.05, 3.63) is 35.4 Å². The minimum Gasteiger partial charge on any atom is -0.312 e. The lowest BCUT2D eigenvalue weighted by atomic mass is 10.0. The van der Waals surface area contributed by atoms with Gasteiger partial charge in [-0.3, -0.25) is 4.79 Å². The van der Waals surface area contributed by atoms with Crippen LogP contribution in [-0.2, 0) is 17.6 Å². The summed E-state index contributed by atoms with van der Waals surface area (Å²) in [5.74, 6) is 0.328. The second-order valence-corrected chi connectivity index (χ2v) is 7.66. The first-order valence-corrected chi connectivity index (χ1v) is 8.81. The number of likely N-dealkylation sites (N-methyl/N-ethyl adjacent to an activating group) is 1. The Labute approximate surface area is 134 Å². The molecule has 0 amide bonds. The van der Waals surface area contributed by atoms with Gasteiger partial charge < -0.3 is 8.97 Å². The Hall–Kier alpha value is -1.19. The molecule has 0 radical (unpaired) electrons. The summed E-state index contributed by atoms with van der Waals surface area (Å²) in [5.41, 5.74) is 2.58. The largest absolute Gasteiger partial charge is 0.312 e. The summed E-state index contributed by atoms with van der Waals surface area (Å²) in [7, 11) is 2.42. The van der Waals surface area contributed by atoms with Gasteiger partial charge in [0.15, 0.2) is 0 Å². The van der Waals surface area contributed by atoms with Crippen LogP contribution in [0.15, 0.2) is 24.3 Å². The van der Waals surface area contributed by atoms with Crippen LogP contribution in [0, 0.1) is 0 Å². The van der Waals surface area contributed by atoms with Crippen molar-refractivity contribution < 1.29 is 13.8 Å². The van der Waals surface area contributed by atoms with Gasteiger partial charge in [-0.25, -0.2) is 0 Å². The fourth-order valence-electron chi connectivity index (χ4n) is 3.91. The van der Waals surface area contributed by atoms with Crippen LogP contribution in [-0.4, -0.2) is 67.6 Å². The van der Waals surface area contributed by atoms with Gasteiger partial charge in [0.2, 0.25) is 0 Å². The summed E-state index contributed by atoms with van der Waals surface area (Å²) >= 11 is 0. The van der Waals surface area contributed by atoms with E-state index in [1.54, 1.807) is 0 Å². The average molecular weight is 302 g/mol. The van der Waals surface area contributed by atoms with E-state index >= 15 is 0 Å². The molecular weight excluding hydrogens is 272 g/mol. The van der Waals surface area contributed by atoms with Crippen LogP contribution in [0.5, 0.6) is 0 Å². The number of quaternary nitrogens is 2. The van der Waals surface area contributed by atoms with E-state index in [0.717, 1.165) is 5.56 Å². The molecular formula is C19H30N2O+2. The zero-order valence-corrected chi connectivity index (χ0v) is 14.2. The number of fused-ring (bicyclic) bond motifs is 3. The monoisotopic (exact) mass is 302 g/mol. The minimum absolute atomic E-state index is 0.328. The highest BCUT2D eigenvalue weighted by Crippen LogP contribution is 2.25. The molecule has 3 aliphatic heterocycles. The summed E-state index contributed by atoms with van der Waals surface area (Å²) in [6, 6.07) is 8.74. The quantitative estimate of drug-likeness (QED) is 0.735. The molecule has 3 fully saturated rings. The molecule has 0 atom stereocenters. The molecule has 22 heavy (non-hydrogen) atoms. The van der Waals surface area contributed by atoms with Gasteiger partial charge in [0.25, 0.3) is 0 Å². The average Bonchev–Trinajstić information content (AvgIpc) is 2.56. The Morgan fingerprint density at radius 1 is 0.955 bits per heavy atom. The van der Waals surface area contributed by atoms with Crippen LogP contribution < -0.4 is 0 Å². The molecule has 3 nitrogen and oxygen atoms in total. The standard InChI is InChI=1S/C19H30N2O/c1-3-19(22)16-18-6-4-17(5-7-18)8-9-21-13-10-20(2,11-14-21)12-15-21/h4-7H,3,8-16H2,1-2H3/q+2. The SMILES string of the molecule is CCC(=O)Cc1ccc(CC[N+]23CC[N+](C)(CC2)CC3)cc1. The van der Waals surface area contributed by atoms with Crippen LogP contribution in [0.2, 0.25) is 0 Å². The Balaban J connectivity index is 1.54. The van der Waals surface area contributed by atoms with Crippen molar-refractivity contribution >= 4 is 5.78 Å². The number of carbonyl (C=O) groups is 1. The van der Waals surface area contributed by atoms with Crippen molar-refractivity contribution in [3.63, 3.8) is 0 Å². The first-order valence-electron chi connectivity index (χ1n) is 8.81. The molecule has 4 rings (SSSR count). The summed E-state index contributed by atoms with van der Waals surface area (Å²) in [6.07, 6.45) is 2.40. The third kappa shape index (κ3) is 3.41. The molecule has 0 N–H and O–H groups in total. The van der Waals surface area contributed by atoms with E-state index in [9.17, 15) is 4.79 Å². The van der Waals surface area contributed by atoms with Gasteiger partial charge in [-0.2, -0.15) is 0 Å². The molecule has 3 saturated heterocycles. The highest BCUT2D eigenvalue weighted by molar-refractivity contribution is 5.80. The molecule has 2 bridgehead atoms. The van der Waals surface area contributed by atoms with Gasteiger partial charge in [0, 0.05) is 19.3 Å². The second kappa shape index (κ2) is 6.13. The van der Waals surface area contributed by atoms with E-state index in [2.05, 4.69) is 31.3 Å². The third-order valence-electron chi connectivity index (χ3n) is 6.04. The van der Waals surface area contributed by atoms with Gasteiger partial charge in [-0.05, 0) is 11.1 Å².